The first-order valence-electron chi connectivity index (χ1n) is 8.04. The fourth-order valence-corrected chi connectivity index (χ4v) is 2.91. The normalized spacial score (nSPS) is 17.5. The zero-order chi connectivity index (χ0) is 16.9. The van der Waals surface area contributed by atoms with Crippen LogP contribution in [-0.4, -0.2) is 35.5 Å². The summed E-state index contributed by atoms with van der Waals surface area (Å²) in [6, 6.07) is 4.36. The van der Waals surface area contributed by atoms with Crippen LogP contribution in [0.5, 0.6) is 0 Å². The Labute approximate surface area is 139 Å². The molecule has 2 aromatic rings. The number of rotatable bonds is 4. The van der Waals surface area contributed by atoms with Crippen molar-refractivity contribution in [1.82, 2.24) is 15.3 Å². The Hall–Kier alpha value is -2.70. The van der Waals surface area contributed by atoms with Gasteiger partial charge in [0.05, 0.1) is 0 Å². The Bertz CT molecular complexity index is 760. The van der Waals surface area contributed by atoms with Gasteiger partial charge >= 0.3 is 0 Å². The van der Waals surface area contributed by atoms with Gasteiger partial charge in [-0.15, -0.1) is 0 Å². The summed E-state index contributed by atoms with van der Waals surface area (Å²) >= 11 is 0. The molecule has 1 saturated heterocycles. The van der Waals surface area contributed by atoms with Crippen LogP contribution in [0.3, 0.4) is 0 Å². The van der Waals surface area contributed by atoms with Crippen LogP contribution >= 0.6 is 0 Å². The van der Waals surface area contributed by atoms with Crippen LogP contribution in [0.4, 0.5) is 5.95 Å². The SMILES string of the molecule is Cc1cc(=O)cc(C(=O)NCC2CCCN(c3ncccn3)C2)o1. The number of aryl methyl sites for hydroxylation is 1. The molecule has 1 aliphatic rings. The van der Waals surface area contributed by atoms with Gasteiger partial charge in [0.15, 0.2) is 11.2 Å². The standard InChI is InChI=1S/C17H20N4O3/c1-12-8-14(22)9-15(24-12)16(23)20-10-13-4-2-7-21(11-13)17-18-5-3-6-19-17/h3,5-6,8-9,13H,2,4,7,10-11H2,1H3,(H,20,23). The molecule has 7 heteroatoms. The number of nitrogens with zero attached hydrogens (tertiary/aromatic N) is 3. The molecule has 7 nitrogen and oxygen atoms in total. The largest absolute Gasteiger partial charge is 0.456 e. The van der Waals surface area contributed by atoms with Crippen LogP contribution in [0.2, 0.25) is 0 Å². The van der Waals surface area contributed by atoms with E-state index in [0.29, 0.717) is 18.2 Å². The van der Waals surface area contributed by atoms with E-state index in [0.717, 1.165) is 31.9 Å². The molecule has 2 aromatic heterocycles. The predicted octanol–water partition coefficient (Wildman–Crippen LogP) is 1.38. The highest BCUT2D eigenvalue weighted by Crippen LogP contribution is 2.19. The van der Waals surface area contributed by atoms with Crippen molar-refractivity contribution in [3.05, 3.63) is 52.3 Å². The highest BCUT2D eigenvalue weighted by Gasteiger charge is 2.22. The Balaban J connectivity index is 1.58. The monoisotopic (exact) mass is 328 g/mol. The number of hydrogen-bond acceptors (Lipinski definition) is 6. The Morgan fingerprint density at radius 3 is 2.92 bits per heavy atom. The van der Waals surface area contributed by atoms with E-state index in [1.807, 2.05) is 0 Å². The van der Waals surface area contributed by atoms with Crippen LogP contribution in [0.15, 0.2) is 39.8 Å². The fraction of sp³-hybridized carbons (Fsp3) is 0.412. The summed E-state index contributed by atoms with van der Waals surface area (Å²) in [6.45, 7) is 3.89. The summed E-state index contributed by atoms with van der Waals surface area (Å²) in [5.74, 6) is 1.15. The number of aromatic nitrogens is 2. The Morgan fingerprint density at radius 1 is 1.38 bits per heavy atom. The maximum absolute atomic E-state index is 12.2. The number of hydrogen-bond donors (Lipinski definition) is 1. The van der Waals surface area contributed by atoms with Crippen LogP contribution in [-0.2, 0) is 0 Å². The highest BCUT2D eigenvalue weighted by molar-refractivity contribution is 5.91. The van der Waals surface area contributed by atoms with E-state index >= 15 is 0 Å². The van der Waals surface area contributed by atoms with Crippen molar-refractivity contribution in [3.63, 3.8) is 0 Å². The van der Waals surface area contributed by atoms with E-state index in [1.54, 1.807) is 25.4 Å². The topological polar surface area (TPSA) is 88.3 Å². The van der Waals surface area contributed by atoms with Crippen LogP contribution < -0.4 is 15.6 Å². The highest BCUT2D eigenvalue weighted by atomic mass is 16.3. The molecule has 126 valence electrons. The van der Waals surface area contributed by atoms with Gasteiger partial charge in [-0.2, -0.15) is 0 Å². The summed E-state index contributed by atoms with van der Waals surface area (Å²) < 4.78 is 5.31. The Morgan fingerprint density at radius 2 is 2.17 bits per heavy atom. The summed E-state index contributed by atoms with van der Waals surface area (Å²) in [5, 5.41) is 2.86. The van der Waals surface area contributed by atoms with Crippen molar-refractivity contribution in [2.75, 3.05) is 24.5 Å². The molecule has 0 saturated carbocycles. The summed E-state index contributed by atoms with van der Waals surface area (Å²) in [4.78, 5) is 34.3. The molecule has 1 aliphatic heterocycles. The van der Waals surface area contributed by atoms with Crippen molar-refractivity contribution in [3.8, 4) is 0 Å². The molecule has 0 bridgehead atoms. The molecule has 0 aromatic carbocycles. The molecule has 1 N–H and O–H groups in total. The van der Waals surface area contributed by atoms with Crippen LogP contribution in [0, 0.1) is 12.8 Å². The van der Waals surface area contributed by atoms with E-state index < -0.39 is 0 Å². The molecular weight excluding hydrogens is 308 g/mol. The molecule has 0 spiro atoms. The lowest BCUT2D eigenvalue weighted by atomic mass is 9.98. The first kappa shape index (κ1) is 16.2. The maximum atomic E-state index is 12.2. The van der Waals surface area contributed by atoms with Gasteiger partial charge in [-0.05, 0) is 31.7 Å². The molecule has 1 atom stereocenters. The second kappa shape index (κ2) is 7.25. The van der Waals surface area contributed by atoms with E-state index in [4.69, 9.17) is 4.42 Å². The molecule has 3 rings (SSSR count). The molecule has 0 aliphatic carbocycles. The summed E-state index contributed by atoms with van der Waals surface area (Å²) in [5.41, 5.74) is -0.228. The molecule has 0 radical (unpaired) electrons. The molecular formula is C17H20N4O3. The van der Waals surface area contributed by atoms with Gasteiger partial charge < -0.3 is 14.6 Å². The number of nitrogens with one attached hydrogen (secondary N) is 1. The molecule has 1 amide bonds. The lowest BCUT2D eigenvalue weighted by Crippen LogP contribution is -2.41. The van der Waals surface area contributed by atoms with Crippen molar-refractivity contribution >= 4 is 11.9 Å². The molecule has 24 heavy (non-hydrogen) atoms. The quantitative estimate of drug-likeness (QED) is 0.912. The number of piperidine rings is 1. The fourth-order valence-electron chi connectivity index (χ4n) is 2.91. The molecule has 1 fully saturated rings. The van der Waals surface area contributed by atoms with E-state index in [9.17, 15) is 9.59 Å². The lowest BCUT2D eigenvalue weighted by molar-refractivity contribution is 0.0913. The summed E-state index contributed by atoms with van der Waals surface area (Å²) in [7, 11) is 0. The van der Waals surface area contributed by atoms with E-state index in [1.165, 1.54) is 12.1 Å². The lowest BCUT2D eigenvalue weighted by Gasteiger charge is -2.32. The summed E-state index contributed by atoms with van der Waals surface area (Å²) in [6.07, 6.45) is 5.51. The number of amides is 1. The first-order valence-corrected chi connectivity index (χ1v) is 8.04. The van der Waals surface area contributed by atoms with Gasteiger partial charge in [0, 0.05) is 44.2 Å². The maximum Gasteiger partial charge on any atom is 0.287 e. The number of carbonyl (C=O) groups excluding carboxylic acids is 1. The Kier molecular flexibility index (Phi) is 4.88. The van der Waals surface area contributed by atoms with Gasteiger partial charge in [-0.3, -0.25) is 9.59 Å². The van der Waals surface area contributed by atoms with Crippen LogP contribution in [0.25, 0.3) is 0 Å². The zero-order valence-electron chi connectivity index (χ0n) is 13.6. The third kappa shape index (κ3) is 3.98. The molecule has 3 heterocycles. The minimum Gasteiger partial charge on any atom is -0.456 e. The van der Waals surface area contributed by atoms with Crippen molar-refractivity contribution < 1.29 is 9.21 Å². The third-order valence-corrected chi connectivity index (χ3v) is 4.02. The van der Waals surface area contributed by atoms with E-state index in [2.05, 4.69) is 20.2 Å². The van der Waals surface area contributed by atoms with E-state index in [-0.39, 0.29) is 17.1 Å². The van der Waals surface area contributed by atoms with Gasteiger partial charge in [0.2, 0.25) is 5.95 Å². The van der Waals surface area contributed by atoms with Crippen LogP contribution in [0.1, 0.15) is 29.2 Å². The number of anilines is 1. The zero-order valence-corrected chi connectivity index (χ0v) is 13.6. The molecule has 1 unspecified atom stereocenters. The van der Waals surface area contributed by atoms with Gasteiger partial charge in [0.25, 0.3) is 5.91 Å². The van der Waals surface area contributed by atoms with Gasteiger partial charge in [0.1, 0.15) is 5.76 Å². The minimum atomic E-state index is -0.358. The third-order valence-electron chi connectivity index (χ3n) is 4.02. The second-order valence-corrected chi connectivity index (χ2v) is 5.98. The first-order chi connectivity index (χ1) is 11.6. The minimum absolute atomic E-state index is 0.0547. The smallest absolute Gasteiger partial charge is 0.287 e. The van der Waals surface area contributed by atoms with Crippen molar-refractivity contribution in [2.45, 2.75) is 19.8 Å². The average molecular weight is 328 g/mol. The van der Waals surface area contributed by atoms with Gasteiger partial charge in [-0.25, -0.2) is 9.97 Å². The van der Waals surface area contributed by atoms with Gasteiger partial charge in [-0.1, -0.05) is 0 Å². The van der Waals surface area contributed by atoms with Crippen molar-refractivity contribution in [1.29, 1.82) is 0 Å². The second-order valence-electron chi connectivity index (χ2n) is 5.98. The predicted molar refractivity (Wildman–Crippen MR) is 89.0 cm³/mol. The number of carbonyl (C=O) groups is 1. The van der Waals surface area contributed by atoms with Crippen molar-refractivity contribution in [2.24, 2.45) is 5.92 Å². The average Bonchev–Trinajstić information content (AvgIpc) is 2.60.